The van der Waals surface area contributed by atoms with E-state index in [1.165, 1.54) is 12.1 Å². The van der Waals surface area contributed by atoms with E-state index in [0.717, 1.165) is 5.56 Å². The van der Waals surface area contributed by atoms with Gasteiger partial charge in [0.2, 0.25) is 0 Å². The summed E-state index contributed by atoms with van der Waals surface area (Å²) < 4.78 is 19.8. The molecule has 2 atom stereocenters. The molecule has 106 valence electrons. The Morgan fingerprint density at radius 3 is 2.60 bits per heavy atom. The van der Waals surface area contributed by atoms with Crippen LogP contribution in [0.3, 0.4) is 0 Å². The Bertz CT molecular complexity index is 606. The van der Waals surface area contributed by atoms with Crippen molar-refractivity contribution >= 4 is 27.5 Å². The summed E-state index contributed by atoms with van der Waals surface area (Å²) in [6.07, 6.45) is -0.457. The molecule has 20 heavy (non-hydrogen) atoms. The van der Waals surface area contributed by atoms with Gasteiger partial charge in [-0.15, -0.1) is 0 Å². The number of rotatable bonds is 4. The van der Waals surface area contributed by atoms with Gasteiger partial charge in [0.05, 0.1) is 4.47 Å². The minimum atomic E-state index is -0.457. The Balaban J connectivity index is 2.36. The first kappa shape index (κ1) is 15.3. The van der Waals surface area contributed by atoms with Crippen molar-refractivity contribution in [1.82, 2.24) is 0 Å². The van der Waals surface area contributed by atoms with Crippen molar-refractivity contribution in [3.63, 3.8) is 0 Å². The number of benzene rings is 2. The molecule has 2 aromatic rings. The van der Waals surface area contributed by atoms with Gasteiger partial charge < -0.3 is 10.5 Å². The topological polar surface area (TPSA) is 35.2 Å². The van der Waals surface area contributed by atoms with Crippen LogP contribution < -0.4 is 10.5 Å². The second-order valence-corrected chi connectivity index (χ2v) is 5.76. The number of hydrogen-bond acceptors (Lipinski definition) is 2. The van der Waals surface area contributed by atoms with E-state index in [4.69, 9.17) is 22.1 Å². The van der Waals surface area contributed by atoms with E-state index in [1.54, 1.807) is 12.1 Å². The molecule has 0 radical (unpaired) electrons. The summed E-state index contributed by atoms with van der Waals surface area (Å²) in [6, 6.07) is 11.3. The average Bonchev–Trinajstić information content (AvgIpc) is 2.40. The zero-order chi connectivity index (χ0) is 14.7. The molecule has 0 aliphatic heterocycles. The molecule has 0 saturated heterocycles. The molecule has 0 aromatic heterocycles. The van der Waals surface area contributed by atoms with E-state index in [0.29, 0.717) is 15.2 Å². The maximum Gasteiger partial charge on any atom is 0.140 e. The standard InChI is InChI=1S/C15H14BrClFNO/c1-9(19)15(11-4-2-3-5-13(11)17)20-14-8-10(18)6-7-12(14)16/h2-9,15H,19H2,1H3. The Hall–Kier alpha value is -1.10. The van der Waals surface area contributed by atoms with Crippen LogP contribution in [0.5, 0.6) is 5.75 Å². The maximum absolute atomic E-state index is 13.3. The Morgan fingerprint density at radius 2 is 1.95 bits per heavy atom. The SMILES string of the molecule is CC(N)C(Oc1cc(F)ccc1Br)c1ccccc1Cl. The summed E-state index contributed by atoms with van der Waals surface area (Å²) >= 11 is 9.51. The zero-order valence-electron chi connectivity index (χ0n) is 10.8. The maximum atomic E-state index is 13.3. The number of ether oxygens (including phenoxy) is 1. The van der Waals surface area contributed by atoms with Crippen molar-refractivity contribution in [3.05, 3.63) is 63.3 Å². The third-order valence-corrected chi connectivity index (χ3v) is 3.84. The third-order valence-electron chi connectivity index (χ3n) is 2.84. The van der Waals surface area contributed by atoms with Gasteiger partial charge in [0, 0.05) is 22.7 Å². The molecule has 2 nitrogen and oxygen atoms in total. The summed E-state index contributed by atoms with van der Waals surface area (Å²) in [6.45, 7) is 1.82. The highest BCUT2D eigenvalue weighted by atomic mass is 79.9. The summed E-state index contributed by atoms with van der Waals surface area (Å²) in [7, 11) is 0. The summed E-state index contributed by atoms with van der Waals surface area (Å²) in [5, 5.41) is 0.572. The number of nitrogens with two attached hydrogens (primary N) is 1. The smallest absolute Gasteiger partial charge is 0.140 e. The van der Waals surface area contributed by atoms with Gasteiger partial charge in [0.1, 0.15) is 17.7 Å². The highest BCUT2D eigenvalue weighted by Crippen LogP contribution is 2.33. The van der Waals surface area contributed by atoms with Crippen molar-refractivity contribution in [1.29, 1.82) is 0 Å². The van der Waals surface area contributed by atoms with Crippen LogP contribution in [0.4, 0.5) is 4.39 Å². The normalized spacial score (nSPS) is 13.8. The summed E-state index contributed by atoms with van der Waals surface area (Å²) in [4.78, 5) is 0. The second kappa shape index (κ2) is 6.57. The summed E-state index contributed by atoms with van der Waals surface area (Å²) in [5.41, 5.74) is 6.76. The molecule has 2 N–H and O–H groups in total. The van der Waals surface area contributed by atoms with Gasteiger partial charge in [-0.05, 0) is 41.1 Å². The number of halogens is 3. The fourth-order valence-corrected chi connectivity index (χ4v) is 2.45. The molecule has 0 fully saturated rings. The lowest BCUT2D eigenvalue weighted by Gasteiger charge is -2.24. The van der Waals surface area contributed by atoms with Gasteiger partial charge in [0.15, 0.2) is 0 Å². The molecule has 2 rings (SSSR count). The highest BCUT2D eigenvalue weighted by Gasteiger charge is 2.21. The molecule has 0 bridgehead atoms. The van der Waals surface area contributed by atoms with Crippen LogP contribution in [0.15, 0.2) is 46.9 Å². The lowest BCUT2D eigenvalue weighted by molar-refractivity contribution is 0.178. The van der Waals surface area contributed by atoms with Crippen molar-refractivity contribution in [3.8, 4) is 5.75 Å². The third kappa shape index (κ3) is 3.51. The first-order valence-electron chi connectivity index (χ1n) is 6.10. The number of hydrogen-bond donors (Lipinski definition) is 1. The molecule has 0 spiro atoms. The van der Waals surface area contributed by atoms with Gasteiger partial charge in [-0.25, -0.2) is 4.39 Å². The fourth-order valence-electron chi connectivity index (χ4n) is 1.86. The van der Waals surface area contributed by atoms with Crippen molar-refractivity contribution in [2.45, 2.75) is 19.1 Å². The van der Waals surface area contributed by atoms with E-state index in [9.17, 15) is 4.39 Å². The van der Waals surface area contributed by atoms with Crippen LogP contribution in [0.25, 0.3) is 0 Å². The molecule has 2 unspecified atom stereocenters. The zero-order valence-corrected chi connectivity index (χ0v) is 13.2. The van der Waals surface area contributed by atoms with Gasteiger partial charge in [-0.3, -0.25) is 0 Å². The molecular formula is C15H14BrClFNO. The van der Waals surface area contributed by atoms with Crippen LogP contribution in [0.2, 0.25) is 5.02 Å². The predicted octanol–water partition coefficient (Wildman–Crippen LogP) is 4.71. The van der Waals surface area contributed by atoms with E-state index >= 15 is 0 Å². The monoisotopic (exact) mass is 357 g/mol. The van der Waals surface area contributed by atoms with E-state index in [2.05, 4.69) is 15.9 Å². The lowest BCUT2D eigenvalue weighted by atomic mass is 10.0. The second-order valence-electron chi connectivity index (χ2n) is 4.49. The van der Waals surface area contributed by atoms with Crippen LogP contribution in [-0.2, 0) is 0 Å². The van der Waals surface area contributed by atoms with E-state index < -0.39 is 6.10 Å². The fraction of sp³-hybridized carbons (Fsp3) is 0.200. The molecule has 0 saturated carbocycles. The van der Waals surface area contributed by atoms with Crippen molar-refractivity contribution in [2.75, 3.05) is 0 Å². The van der Waals surface area contributed by atoms with Crippen LogP contribution in [0, 0.1) is 5.82 Å². The van der Waals surface area contributed by atoms with Gasteiger partial charge in [0.25, 0.3) is 0 Å². The van der Waals surface area contributed by atoms with Crippen LogP contribution >= 0.6 is 27.5 Å². The molecule has 5 heteroatoms. The van der Waals surface area contributed by atoms with E-state index in [-0.39, 0.29) is 11.9 Å². The minimum Gasteiger partial charge on any atom is -0.483 e. The Labute approximate surface area is 130 Å². The van der Waals surface area contributed by atoms with Crippen LogP contribution in [-0.4, -0.2) is 6.04 Å². The van der Waals surface area contributed by atoms with Gasteiger partial charge >= 0.3 is 0 Å². The summed E-state index contributed by atoms with van der Waals surface area (Å²) in [5.74, 6) is 0.0259. The first-order chi connectivity index (χ1) is 9.49. The lowest BCUT2D eigenvalue weighted by Crippen LogP contribution is -2.29. The largest absolute Gasteiger partial charge is 0.483 e. The van der Waals surface area contributed by atoms with Gasteiger partial charge in [-0.2, -0.15) is 0 Å². The quantitative estimate of drug-likeness (QED) is 0.859. The molecular weight excluding hydrogens is 345 g/mol. The van der Waals surface area contributed by atoms with Crippen molar-refractivity contribution in [2.24, 2.45) is 5.73 Å². The molecule has 0 aliphatic carbocycles. The highest BCUT2D eigenvalue weighted by molar-refractivity contribution is 9.10. The molecule has 0 amide bonds. The predicted molar refractivity (Wildman–Crippen MR) is 82.6 cm³/mol. The van der Waals surface area contributed by atoms with Crippen LogP contribution in [0.1, 0.15) is 18.6 Å². The van der Waals surface area contributed by atoms with Gasteiger partial charge in [-0.1, -0.05) is 29.8 Å². The average molecular weight is 359 g/mol. The minimum absolute atomic E-state index is 0.301. The first-order valence-corrected chi connectivity index (χ1v) is 7.28. The molecule has 0 heterocycles. The molecule has 0 aliphatic rings. The molecule has 2 aromatic carbocycles. The van der Waals surface area contributed by atoms with E-state index in [1.807, 2.05) is 25.1 Å². The van der Waals surface area contributed by atoms with Crippen molar-refractivity contribution < 1.29 is 9.13 Å². The Kier molecular flexibility index (Phi) is 5.02. The Morgan fingerprint density at radius 1 is 1.25 bits per heavy atom.